The van der Waals surface area contributed by atoms with E-state index in [0.29, 0.717) is 39.0 Å². The molecule has 1 aliphatic rings. The van der Waals surface area contributed by atoms with Gasteiger partial charge < -0.3 is 15.0 Å². The Morgan fingerprint density at radius 1 is 1.03 bits per heavy atom. The third-order valence-corrected chi connectivity index (χ3v) is 5.24. The number of amides is 2. The number of carbonyl (C=O) groups is 2. The highest BCUT2D eigenvalue weighted by Gasteiger charge is 2.23. The van der Waals surface area contributed by atoms with Crippen molar-refractivity contribution < 1.29 is 14.3 Å². The molecule has 2 aromatic rings. The summed E-state index contributed by atoms with van der Waals surface area (Å²) >= 11 is 0. The average Bonchev–Trinajstić information content (AvgIpc) is 2.73. The summed E-state index contributed by atoms with van der Waals surface area (Å²) < 4.78 is 5.69. The number of aryl methyl sites for hydroxylation is 1. The number of benzene rings is 2. The Hall–Kier alpha value is -2.82. The van der Waals surface area contributed by atoms with Crippen molar-refractivity contribution in [1.82, 2.24) is 10.2 Å². The number of carbonyl (C=O) groups excluding carboxylic acids is 2. The molecular formula is C24H30N2O3. The van der Waals surface area contributed by atoms with Crippen LogP contribution in [0.25, 0.3) is 0 Å². The smallest absolute Gasteiger partial charge is 0.224 e. The summed E-state index contributed by atoms with van der Waals surface area (Å²) in [5.74, 6) is 1.07. The van der Waals surface area contributed by atoms with E-state index >= 15 is 0 Å². The minimum atomic E-state index is 0.0502. The highest BCUT2D eigenvalue weighted by molar-refractivity contribution is 5.79. The maximum atomic E-state index is 12.4. The van der Waals surface area contributed by atoms with Crippen LogP contribution in [0.2, 0.25) is 0 Å². The van der Waals surface area contributed by atoms with E-state index in [1.807, 2.05) is 66.4 Å². The van der Waals surface area contributed by atoms with E-state index in [1.165, 1.54) is 5.56 Å². The van der Waals surface area contributed by atoms with Gasteiger partial charge in [0.25, 0.3) is 0 Å². The van der Waals surface area contributed by atoms with E-state index in [9.17, 15) is 9.59 Å². The Kier molecular flexibility index (Phi) is 7.68. The number of likely N-dealkylation sites (tertiary alicyclic amines) is 1. The Labute approximate surface area is 173 Å². The maximum absolute atomic E-state index is 12.4. The molecule has 3 rings (SSSR count). The molecule has 2 aromatic carbocycles. The zero-order valence-electron chi connectivity index (χ0n) is 17.1. The van der Waals surface area contributed by atoms with Crippen molar-refractivity contribution in [2.24, 2.45) is 0 Å². The minimum Gasteiger partial charge on any atom is -0.494 e. The molecule has 154 valence electrons. The maximum Gasteiger partial charge on any atom is 0.224 e. The first-order valence-electron chi connectivity index (χ1n) is 10.4. The summed E-state index contributed by atoms with van der Waals surface area (Å²) in [4.78, 5) is 26.5. The lowest BCUT2D eigenvalue weighted by atomic mass is 10.0. The quantitative estimate of drug-likeness (QED) is 0.697. The van der Waals surface area contributed by atoms with Crippen LogP contribution in [0.3, 0.4) is 0 Å². The van der Waals surface area contributed by atoms with Gasteiger partial charge in [0.15, 0.2) is 0 Å². The predicted octanol–water partition coefficient (Wildman–Crippen LogP) is 3.50. The molecule has 0 aromatic heterocycles. The summed E-state index contributed by atoms with van der Waals surface area (Å²) in [6.07, 6.45) is 3.23. The topological polar surface area (TPSA) is 58.6 Å². The van der Waals surface area contributed by atoms with Crippen LogP contribution in [0.5, 0.6) is 5.75 Å². The van der Waals surface area contributed by atoms with E-state index in [-0.39, 0.29) is 17.9 Å². The Morgan fingerprint density at radius 3 is 2.41 bits per heavy atom. The van der Waals surface area contributed by atoms with Crippen LogP contribution in [0, 0.1) is 6.92 Å². The van der Waals surface area contributed by atoms with Crippen molar-refractivity contribution in [2.45, 2.75) is 45.1 Å². The second-order valence-electron chi connectivity index (χ2n) is 7.65. The number of rotatable bonds is 8. The molecule has 2 amide bonds. The first-order chi connectivity index (χ1) is 14.1. The van der Waals surface area contributed by atoms with E-state index in [0.717, 1.165) is 24.2 Å². The van der Waals surface area contributed by atoms with Crippen LogP contribution in [0.4, 0.5) is 0 Å². The first-order valence-corrected chi connectivity index (χ1v) is 10.4. The summed E-state index contributed by atoms with van der Waals surface area (Å²) in [5.41, 5.74) is 2.22. The molecule has 1 aliphatic heterocycles. The number of piperidine rings is 1. The summed E-state index contributed by atoms with van der Waals surface area (Å²) in [5, 5.41) is 3.10. The number of nitrogens with one attached hydrogen (secondary N) is 1. The average molecular weight is 395 g/mol. The number of hydrogen-bond acceptors (Lipinski definition) is 3. The van der Waals surface area contributed by atoms with Gasteiger partial charge in [0.2, 0.25) is 11.8 Å². The van der Waals surface area contributed by atoms with Crippen molar-refractivity contribution in [3.05, 3.63) is 65.7 Å². The zero-order valence-corrected chi connectivity index (χ0v) is 17.1. The third-order valence-electron chi connectivity index (χ3n) is 5.24. The molecule has 1 saturated heterocycles. The van der Waals surface area contributed by atoms with Crippen LogP contribution in [0.15, 0.2) is 54.6 Å². The molecule has 0 radical (unpaired) electrons. The lowest BCUT2D eigenvalue weighted by Crippen LogP contribution is -2.46. The van der Waals surface area contributed by atoms with Gasteiger partial charge in [-0.3, -0.25) is 9.59 Å². The molecule has 0 atom stereocenters. The largest absolute Gasteiger partial charge is 0.494 e. The fourth-order valence-electron chi connectivity index (χ4n) is 3.54. The second-order valence-corrected chi connectivity index (χ2v) is 7.65. The second kappa shape index (κ2) is 10.6. The van der Waals surface area contributed by atoms with Gasteiger partial charge in [0.05, 0.1) is 13.0 Å². The molecule has 1 fully saturated rings. The van der Waals surface area contributed by atoms with Crippen LogP contribution >= 0.6 is 0 Å². The minimum absolute atomic E-state index is 0.0502. The normalized spacial score (nSPS) is 14.4. The van der Waals surface area contributed by atoms with Gasteiger partial charge in [-0.05, 0) is 43.9 Å². The molecule has 0 spiro atoms. The Morgan fingerprint density at radius 2 is 1.72 bits per heavy atom. The fraction of sp³-hybridized carbons (Fsp3) is 0.417. The Balaban J connectivity index is 1.30. The predicted molar refractivity (Wildman–Crippen MR) is 114 cm³/mol. The lowest BCUT2D eigenvalue weighted by molar-refractivity contribution is -0.132. The number of nitrogens with zero attached hydrogens (tertiary/aromatic N) is 1. The van der Waals surface area contributed by atoms with Gasteiger partial charge in [-0.15, -0.1) is 0 Å². The SMILES string of the molecule is Cc1ccc(OCCCC(=O)N2CCC(NC(=O)Cc3ccccc3)CC2)cc1. The van der Waals surface area contributed by atoms with Crippen LogP contribution in [-0.2, 0) is 16.0 Å². The molecule has 0 bridgehead atoms. The molecule has 5 heteroatoms. The molecule has 1 N–H and O–H groups in total. The van der Waals surface area contributed by atoms with E-state index in [2.05, 4.69) is 5.32 Å². The number of hydrogen-bond donors (Lipinski definition) is 1. The van der Waals surface area contributed by atoms with Crippen molar-refractivity contribution >= 4 is 11.8 Å². The number of ether oxygens (including phenoxy) is 1. The summed E-state index contributed by atoms with van der Waals surface area (Å²) in [6, 6.07) is 17.8. The standard InChI is InChI=1S/C24H30N2O3/c1-19-9-11-22(12-10-19)29-17-5-8-24(28)26-15-13-21(14-16-26)25-23(27)18-20-6-3-2-4-7-20/h2-4,6-7,9-12,21H,5,8,13-18H2,1H3,(H,25,27). The first kappa shape index (κ1) is 20.9. The lowest BCUT2D eigenvalue weighted by Gasteiger charge is -2.32. The van der Waals surface area contributed by atoms with Gasteiger partial charge in [-0.1, -0.05) is 48.0 Å². The third kappa shape index (κ3) is 6.93. The van der Waals surface area contributed by atoms with E-state index in [1.54, 1.807) is 0 Å². The van der Waals surface area contributed by atoms with Gasteiger partial charge >= 0.3 is 0 Å². The van der Waals surface area contributed by atoms with Crippen molar-refractivity contribution in [2.75, 3.05) is 19.7 Å². The molecule has 0 aliphatic carbocycles. The molecule has 0 saturated carbocycles. The molecule has 1 heterocycles. The van der Waals surface area contributed by atoms with Crippen molar-refractivity contribution in [3.8, 4) is 5.75 Å². The van der Waals surface area contributed by atoms with Gasteiger partial charge in [0.1, 0.15) is 5.75 Å². The Bertz CT molecular complexity index is 782. The molecular weight excluding hydrogens is 364 g/mol. The molecule has 29 heavy (non-hydrogen) atoms. The van der Waals surface area contributed by atoms with E-state index in [4.69, 9.17) is 4.74 Å². The van der Waals surface area contributed by atoms with Gasteiger partial charge in [0, 0.05) is 25.6 Å². The summed E-state index contributed by atoms with van der Waals surface area (Å²) in [6.45, 7) is 3.99. The summed E-state index contributed by atoms with van der Waals surface area (Å²) in [7, 11) is 0. The van der Waals surface area contributed by atoms with Crippen molar-refractivity contribution in [3.63, 3.8) is 0 Å². The van der Waals surface area contributed by atoms with Gasteiger partial charge in [-0.2, -0.15) is 0 Å². The van der Waals surface area contributed by atoms with Crippen LogP contribution < -0.4 is 10.1 Å². The van der Waals surface area contributed by atoms with Crippen molar-refractivity contribution in [1.29, 1.82) is 0 Å². The van der Waals surface area contributed by atoms with Crippen LogP contribution in [0.1, 0.15) is 36.8 Å². The zero-order chi connectivity index (χ0) is 20.5. The van der Waals surface area contributed by atoms with Crippen LogP contribution in [-0.4, -0.2) is 42.5 Å². The molecule has 5 nitrogen and oxygen atoms in total. The fourth-order valence-corrected chi connectivity index (χ4v) is 3.54. The highest BCUT2D eigenvalue weighted by atomic mass is 16.5. The molecule has 0 unspecified atom stereocenters. The van der Waals surface area contributed by atoms with E-state index < -0.39 is 0 Å². The van der Waals surface area contributed by atoms with Gasteiger partial charge in [-0.25, -0.2) is 0 Å². The highest BCUT2D eigenvalue weighted by Crippen LogP contribution is 2.14. The monoisotopic (exact) mass is 394 g/mol.